The van der Waals surface area contributed by atoms with Gasteiger partial charge in [0.1, 0.15) is 0 Å². The molecule has 0 fully saturated rings. The van der Waals surface area contributed by atoms with Crippen molar-refractivity contribution in [2.45, 2.75) is 0 Å². The Hall–Kier alpha value is -1.77. The third-order valence-electron chi connectivity index (χ3n) is 3.32. The molecule has 0 aliphatic heterocycles. The van der Waals surface area contributed by atoms with Crippen molar-refractivity contribution in [3.05, 3.63) is 69.8 Å². The van der Waals surface area contributed by atoms with Crippen molar-refractivity contribution in [3.8, 4) is 0 Å². The molecular formula is C16H11Cl2NO. The summed E-state index contributed by atoms with van der Waals surface area (Å²) in [7, 11) is 1.92. The lowest BCUT2D eigenvalue weighted by atomic mass is 10.0. The predicted molar refractivity (Wildman–Crippen MR) is 82.8 cm³/mol. The monoisotopic (exact) mass is 303 g/mol. The first-order chi connectivity index (χ1) is 9.58. The molecule has 2 nitrogen and oxygen atoms in total. The van der Waals surface area contributed by atoms with Gasteiger partial charge in [-0.15, -0.1) is 0 Å². The van der Waals surface area contributed by atoms with Gasteiger partial charge in [0.25, 0.3) is 0 Å². The number of carbonyl (C=O) groups is 1. The number of carbonyl (C=O) groups excluding carboxylic acids is 1. The van der Waals surface area contributed by atoms with Crippen LogP contribution < -0.4 is 0 Å². The summed E-state index contributed by atoms with van der Waals surface area (Å²) >= 11 is 12.0. The summed E-state index contributed by atoms with van der Waals surface area (Å²) in [5.74, 6) is -0.0940. The fourth-order valence-electron chi connectivity index (χ4n) is 2.34. The number of rotatable bonds is 2. The van der Waals surface area contributed by atoms with Crippen LogP contribution in [0.4, 0.5) is 0 Å². The zero-order valence-electron chi connectivity index (χ0n) is 10.7. The fourth-order valence-corrected chi connectivity index (χ4v) is 2.84. The van der Waals surface area contributed by atoms with Gasteiger partial charge in [0.2, 0.25) is 0 Å². The standard InChI is InChI=1S/C16H11Cl2NO/c1-19-9-13(11-4-2-3-5-15(11)19)16(20)12-7-6-10(17)8-14(12)18/h2-9H,1H3. The molecule has 0 saturated heterocycles. The quantitative estimate of drug-likeness (QED) is 0.628. The molecule has 0 unspecified atom stereocenters. The van der Waals surface area contributed by atoms with Crippen molar-refractivity contribution >= 4 is 39.9 Å². The Morgan fingerprint density at radius 1 is 1.05 bits per heavy atom. The maximum absolute atomic E-state index is 12.7. The topological polar surface area (TPSA) is 22.0 Å². The van der Waals surface area contributed by atoms with Gasteiger partial charge in [0.15, 0.2) is 5.78 Å². The van der Waals surface area contributed by atoms with Crippen LogP contribution in [0.3, 0.4) is 0 Å². The zero-order chi connectivity index (χ0) is 14.3. The molecule has 0 bridgehead atoms. The minimum Gasteiger partial charge on any atom is -0.350 e. The molecule has 0 aliphatic rings. The van der Waals surface area contributed by atoms with Crippen molar-refractivity contribution in [3.63, 3.8) is 0 Å². The molecule has 0 N–H and O–H groups in total. The Morgan fingerprint density at radius 2 is 1.80 bits per heavy atom. The highest BCUT2D eigenvalue weighted by molar-refractivity contribution is 6.38. The van der Waals surface area contributed by atoms with Crippen LogP contribution in [-0.2, 0) is 7.05 Å². The number of halogens is 2. The van der Waals surface area contributed by atoms with Gasteiger partial charge in [-0.1, -0.05) is 41.4 Å². The lowest BCUT2D eigenvalue weighted by Crippen LogP contribution is -2.01. The van der Waals surface area contributed by atoms with E-state index in [1.54, 1.807) is 18.2 Å². The Bertz CT molecular complexity index is 820. The van der Waals surface area contributed by atoms with Gasteiger partial charge in [0.05, 0.1) is 5.02 Å². The second kappa shape index (κ2) is 4.97. The van der Waals surface area contributed by atoms with E-state index in [2.05, 4.69) is 0 Å². The maximum atomic E-state index is 12.7. The Balaban J connectivity index is 2.18. The number of ketones is 1. The summed E-state index contributed by atoms with van der Waals surface area (Å²) in [6, 6.07) is 12.7. The minimum absolute atomic E-state index is 0.0940. The number of fused-ring (bicyclic) bond motifs is 1. The van der Waals surface area contributed by atoms with Gasteiger partial charge in [-0.2, -0.15) is 0 Å². The van der Waals surface area contributed by atoms with Crippen molar-refractivity contribution in [2.75, 3.05) is 0 Å². The highest BCUT2D eigenvalue weighted by Crippen LogP contribution is 2.27. The van der Waals surface area contributed by atoms with Crippen molar-refractivity contribution < 1.29 is 4.79 Å². The van der Waals surface area contributed by atoms with E-state index < -0.39 is 0 Å². The predicted octanol–water partition coefficient (Wildman–Crippen LogP) is 4.72. The number of nitrogens with zero attached hydrogens (tertiary/aromatic N) is 1. The summed E-state index contributed by atoms with van der Waals surface area (Å²) in [5, 5.41) is 1.81. The lowest BCUT2D eigenvalue weighted by molar-refractivity contribution is 0.104. The van der Waals surface area contributed by atoms with E-state index in [9.17, 15) is 4.79 Å². The number of aromatic nitrogens is 1. The number of hydrogen-bond acceptors (Lipinski definition) is 1. The molecule has 1 aromatic heterocycles. The van der Waals surface area contributed by atoms with E-state index >= 15 is 0 Å². The van der Waals surface area contributed by atoms with Gasteiger partial charge < -0.3 is 4.57 Å². The average molecular weight is 304 g/mol. The molecule has 0 spiro atoms. The molecule has 20 heavy (non-hydrogen) atoms. The van der Waals surface area contributed by atoms with Crippen LogP contribution in [0.25, 0.3) is 10.9 Å². The zero-order valence-corrected chi connectivity index (χ0v) is 12.2. The molecule has 100 valence electrons. The van der Waals surface area contributed by atoms with Crippen LogP contribution in [0, 0.1) is 0 Å². The summed E-state index contributed by atoms with van der Waals surface area (Å²) in [5.41, 5.74) is 2.13. The number of hydrogen-bond donors (Lipinski definition) is 0. The van der Waals surface area contributed by atoms with E-state index in [0.29, 0.717) is 21.2 Å². The third-order valence-corrected chi connectivity index (χ3v) is 3.87. The van der Waals surface area contributed by atoms with E-state index in [1.807, 2.05) is 42.1 Å². The van der Waals surface area contributed by atoms with Crippen LogP contribution in [0.1, 0.15) is 15.9 Å². The van der Waals surface area contributed by atoms with Crippen molar-refractivity contribution in [1.82, 2.24) is 4.57 Å². The van der Waals surface area contributed by atoms with Gasteiger partial charge in [-0.25, -0.2) is 0 Å². The van der Waals surface area contributed by atoms with Crippen LogP contribution in [0.5, 0.6) is 0 Å². The van der Waals surface area contributed by atoms with E-state index in [-0.39, 0.29) is 5.78 Å². The first kappa shape index (κ1) is 13.2. The first-order valence-corrected chi connectivity index (χ1v) is 6.87. The first-order valence-electron chi connectivity index (χ1n) is 6.12. The number of aryl methyl sites for hydroxylation is 1. The molecule has 3 rings (SSSR count). The minimum atomic E-state index is -0.0940. The SMILES string of the molecule is Cn1cc(C(=O)c2ccc(Cl)cc2Cl)c2ccccc21. The van der Waals surface area contributed by atoms with E-state index in [4.69, 9.17) is 23.2 Å². The summed E-state index contributed by atoms with van der Waals surface area (Å²) in [6.45, 7) is 0. The maximum Gasteiger partial charge on any atom is 0.196 e. The average Bonchev–Trinajstić information content (AvgIpc) is 2.76. The number of benzene rings is 2. The Kier molecular flexibility index (Phi) is 3.28. The molecule has 0 amide bonds. The van der Waals surface area contributed by atoms with Crippen molar-refractivity contribution in [2.24, 2.45) is 7.05 Å². The Morgan fingerprint density at radius 3 is 2.55 bits per heavy atom. The van der Waals surface area contributed by atoms with E-state index in [1.165, 1.54) is 0 Å². The molecule has 0 aliphatic carbocycles. The molecule has 1 heterocycles. The second-order valence-corrected chi connectivity index (χ2v) is 5.47. The lowest BCUT2D eigenvalue weighted by Gasteiger charge is -2.03. The summed E-state index contributed by atoms with van der Waals surface area (Å²) < 4.78 is 1.94. The summed E-state index contributed by atoms with van der Waals surface area (Å²) in [4.78, 5) is 12.7. The van der Waals surface area contributed by atoms with Crippen molar-refractivity contribution in [1.29, 1.82) is 0 Å². The molecule has 0 atom stereocenters. The van der Waals surface area contributed by atoms with Gasteiger partial charge in [0, 0.05) is 40.3 Å². The third kappa shape index (κ3) is 2.11. The normalized spacial score (nSPS) is 10.9. The van der Waals surface area contributed by atoms with Crippen LogP contribution in [-0.4, -0.2) is 10.4 Å². The number of para-hydroxylation sites is 1. The highest BCUT2D eigenvalue weighted by Gasteiger charge is 2.17. The van der Waals surface area contributed by atoms with Crippen LogP contribution >= 0.6 is 23.2 Å². The molecule has 4 heteroatoms. The highest BCUT2D eigenvalue weighted by atomic mass is 35.5. The molecule has 3 aromatic rings. The fraction of sp³-hybridized carbons (Fsp3) is 0.0625. The van der Waals surface area contributed by atoms with Crippen LogP contribution in [0.15, 0.2) is 48.7 Å². The van der Waals surface area contributed by atoms with Gasteiger partial charge >= 0.3 is 0 Å². The second-order valence-electron chi connectivity index (χ2n) is 4.62. The molecule has 2 aromatic carbocycles. The molecule has 0 radical (unpaired) electrons. The van der Waals surface area contributed by atoms with Gasteiger partial charge in [-0.3, -0.25) is 4.79 Å². The Labute approximate surface area is 126 Å². The largest absolute Gasteiger partial charge is 0.350 e. The van der Waals surface area contributed by atoms with Gasteiger partial charge in [-0.05, 0) is 24.3 Å². The molecule has 0 saturated carbocycles. The smallest absolute Gasteiger partial charge is 0.196 e. The van der Waals surface area contributed by atoms with E-state index in [0.717, 1.165) is 10.9 Å². The summed E-state index contributed by atoms with van der Waals surface area (Å²) in [6.07, 6.45) is 1.83. The molecular weight excluding hydrogens is 293 g/mol. The van der Waals surface area contributed by atoms with Crippen LogP contribution in [0.2, 0.25) is 10.0 Å².